The lowest BCUT2D eigenvalue weighted by Crippen LogP contribution is -1.87. The van der Waals surface area contributed by atoms with Gasteiger partial charge in [-0.15, -0.1) is 10.2 Å². The largest absolute Gasteiger partial charge is 0.411 e. The van der Waals surface area contributed by atoms with Crippen molar-refractivity contribution in [2.24, 2.45) is 0 Å². The molecular formula is C17H15FN2OS. The monoisotopic (exact) mass is 314 g/mol. The number of hydrogen-bond acceptors (Lipinski definition) is 4. The fourth-order valence-corrected chi connectivity index (χ4v) is 2.93. The molecule has 0 N–H and O–H groups in total. The van der Waals surface area contributed by atoms with E-state index in [9.17, 15) is 4.39 Å². The molecule has 0 atom stereocenters. The summed E-state index contributed by atoms with van der Waals surface area (Å²) >= 11 is 1.46. The van der Waals surface area contributed by atoms with Crippen LogP contribution in [0.3, 0.4) is 0 Å². The van der Waals surface area contributed by atoms with E-state index < -0.39 is 0 Å². The lowest BCUT2D eigenvalue weighted by Gasteiger charge is -2.04. The van der Waals surface area contributed by atoms with E-state index in [1.807, 2.05) is 0 Å². The summed E-state index contributed by atoms with van der Waals surface area (Å²) in [6.07, 6.45) is 0. The SMILES string of the molecule is Cc1ccc(C)c(CSc2nnc(-c3ccccc3F)o2)c1. The Balaban J connectivity index is 1.75. The summed E-state index contributed by atoms with van der Waals surface area (Å²) in [6.45, 7) is 4.14. The third-order valence-electron chi connectivity index (χ3n) is 3.37. The molecule has 22 heavy (non-hydrogen) atoms. The average molecular weight is 314 g/mol. The van der Waals surface area contributed by atoms with Crippen molar-refractivity contribution in [3.63, 3.8) is 0 Å². The zero-order valence-electron chi connectivity index (χ0n) is 12.3. The molecule has 0 fully saturated rings. The minimum atomic E-state index is -0.364. The van der Waals surface area contributed by atoms with E-state index >= 15 is 0 Å². The number of aromatic nitrogens is 2. The van der Waals surface area contributed by atoms with Crippen LogP contribution in [0.25, 0.3) is 11.5 Å². The highest BCUT2D eigenvalue weighted by atomic mass is 32.2. The number of nitrogens with zero attached hydrogens (tertiary/aromatic N) is 2. The highest BCUT2D eigenvalue weighted by Gasteiger charge is 2.13. The molecule has 1 aromatic heterocycles. The van der Waals surface area contributed by atoms with E-state index in [2.05, 4.69) is 42.2 Å². The molecular weight excluding hydrogens is 299 g/mol. The standard InChI is InChI=1S/C17H15FN2OS/c1-11-7-8-12(2)13(9-11)10-22-17-20-19-16(21-17)14-5-3-4-6-15(14)18/h3-9H,10H2,1-2H3. The van der Waals surface area contributed by atoms with Crippen molar-refractivity contribution in [1.29, 1.82) is 0 Å². The Kier molecular flexibility index (Phi) is 4.24. The molecule has 0 amide bonds. The lowest BCUT2D eigenvalue weighted by molar-refractivity contribution is 0.463. The van der Waals surface area contributed by atoms with E-state index in [0.717, 1.165) is 5.75 Å². The molecule has 112 valence electrons. The highest BCUT2D eigenvalue weighted by Crippen LogP contribution is 2.28. The van der Waals surface area contributed by atoms with Crippen LogP contribution < -0.4 is 0 Å². The molecule has 0 bridgehead atoms. The van der Waals surface area contributed by atoms with Gasteiger partial charge in [0.2, 0.25) is 0 Å². The summed E-state index contributed by atoms with van der Waals surface area (Å²) in [5.41, 5.74) is 4.01. The van der Waals surface area contributed by atoms with E-state index in [1.54, 1.807) is 18.2 Å². The van der Waals surface area contributed by atoms with Gasteiger partial charge in [0.25, 0.3) is 11.1 Å². The third kappa shape index (κ3) is 3.20. The summed E-state index contributed by atoms with van der Waals surface area (Å²) in [6, 6.07) is 12.7. The number of rotatable bonds is 4. The van der Waals surface area contributed by atoms with Crippen LogP contribution in [0, 0.1) is 19.7 Å². The topological polar surface area (TPSA) is 38.9 Å². The van der Waals surface area contributed by atoms with Gasteiger partial charge in [0.1, 0.15) is 5.82 Å². The van der Waals surface area contributed by atoms with Crippen molar-refractivity contribution >= 4 is 11.8 Å². The zero-order chi connectivity index (χ0) is 15.5. The molecule has 0 unspecified atom stereocenters. The molecule has 5 heteroatoms. The van der Waals surface area contributed by atoms with Gasteiger partial charge in [-0.3, -0.25) is 0 Å². The Hall–Kier alpha value is -2.14. The van der Waals surface area contributed by atoms with E-state index in [4.69, 9.17) is 4.42 Å². The molecule has 1 heterocycles. The van der Waals surface area contributed by atoms with Crippen molar-refractivity contribution < 1.29 is 8.81 Å². The minimum Gasteiger partial charge on any atom is -0.411 e. The molecule has 3 aromatic rings. The summed E-state index contributed by atoms with van der Waals surface area (Å²) in [5, 5.41) is 8.35. The first-order valence-corrected chi connectivity index (χ1v) is 7.89. The normalized spacial score (nSPS) is 10.9. The Morgan fingerprint density at radius 1 is 1.09 bits per heavy atom. The van der Waals surface area contributed by atoms with Crippen LogP contribution in [0.2, 0.25) is 0 Å². The van der Waals surface area contributed by atoms with Crippen molar-refractivity contribution in [3.8, 4) is 11.5 Å². The summed E-state index contributed by atoms with van der Waals surface area (Å²) in [4.78, 5) is 0. The smallest absolute Gasteiger partial charge is 0.277 e. The fourth-order valence-electron chi connectivity index (χ4n) is 2.11. The second-order valence-electron chi connectivity index (χ2n) is 5.07. The molecule has 0 spiro atoms. The second-order valence-corrected chi connectivity index (χ2v) is 6.00. The van der Waals surface area contributed by atoms with Crippen LogP contribution in [0.15, 0.2) is 52.1 Å². The predicted molar refractivity (Wildman–Crippen MR) is 85.2 cm³/mol. The summed E-state index contributed by atoms with van der Waals surface area (Å²) in [7, 11) is 0. The van der Waals surface area contributed by atoms with Crippen LogP contribution >= 0.6 is 11.8 Å². The van der Waals surface area contributed by atoms with Crippen molar-refractivity contribution in [3.05, 3.63) is 65.0 Å². The van der Waals surface area contributed by atoms with Crippen LogP contribution in [0.5, 0.6) is 0 Å². The second kappa shape index (κ2) is 6.32. The number of thioether (sulfide) groups is 1. The maximum absolute atomic E-state index is 13.7. The molecule has 0 saturated heterocycles. The maximum Gasteiger partial charge on any atom is 0.277 e. The van der Waals surface area contributed by atoms with Crippen LogP contribution in [0.1, 0.15) is 16.7 Å². The van der Waals surface area contributed by atoms with Gasteiger partial charge in [-0.05, 0) is 37.1 Å². The first kappa shape index (κ1) is 14.8. The van der Waals surface area contributed by atoms with Crippen molar-refractivity contribution in [2.45, 2.75) is 24.8 Å². The summed E-state index contributed by atoms with van der Waals surface area (Å²) in [5.74, 6) is 0.589. The van der Waals surface area contributed by atoms with E-state index in [-0.39, 0.29) is 11.7 Å². The number of halogens is 1. The molecule has 0 aliphatic heterocycles. The number of aryl methyl sites for hydroxylation is 2. The summed E-state index contributed by atoms with van der Waals surface area (Å²) < 4.78 is 19.2. The van der Waals surface area contributed by atoms with Gasteiger partial charge in [0, 0.05) is 5.75 Å². The molecule has 3 nitrogen and oxygen atoms in total. The first-order valence-electron chi connectivity index (χ1n) is 6.91. The Labute approximate surface area is 132 Å². The van der Waals surface area contributed by atoms with E-state index in [1.165, 1.54) is 34.5 Å². The third-order valence-corrected chi connectivity index (χ3v) is 4.23. The quantitative estimate of drug-likeness (QED) is 0.649. The lowest BCUT2D eigenvalue weighted by atomic mass is 10.1. The van der Waals surface area contributed by atoms with Crippen molar-refractivity contribution in [1.82, 2.24) is 10.2 Å². The molecule has 0 saturated carbocycles. The van der Waals surface area contributed by atoms with Crippen molar-refractivity contribution in [2.75, 3.05) is 0 Å². The fraction of sp³-hybridized carbons (Fsp3) is 0.176. The molecule has 3 rings (SSSR count). The van der Waals surface area contributed by atoms with Gasteiger partial charge >= 0.3 is 0 Å². The number of hydrogen-bond donors (Lipinski definition) is 0. The van der Waals surface area contributed by atoms with Gasteiger partial charge < -0.3 is 4.42 Å². The Morgan fingerprint density at radius 2 is 1.91 bits per heavy atom. The molecule has 0 radical (unpaired) electrons. The molecule has 0 aliphatic rings. The van der Waals surface area contributed by atoms with Gasteiger partial charge in [-0.1, -0.05) is 47.7 Å². The number of benzene rings is 2. The molecule has 2 aromatic carbocycles. The van der Waals surface area contributed by atoms with Gasteiger partial charge in [0.15, 0.2) is 0 Å². The first-order chi connectivity index (χ1) is 10.6. The average Bonchev–Trinajstić information content (AvgIpc) is 2.97. The van der Waals surface area contributed by atoms with E-state index in [0.29, 0.717) is 10.8 Å². The Bertz CT molecular complexity index is 801. The Morgan fingerprint density at radius 3 is 2.73 bits per heavy atom. The maximum atomic E-state index is 13.7. The molecule has 0 aliphatic carbocycles. The van der Waals surface area contributed by atoms with Crippen LogP contribution in [-0.2, 0) is 5.75 Å². The van der Waals surface area contributed by atoms with Gasteiger partial charge in [-0.25, -0.2) is 4.39 Å². The van der Waals surface area contributed by atoms with Gasteiger partial charge in [0.05, 0.1) is 5.56 Å². The van der Waals surface area contributed by atoms with Crippen LogP contribution in [-0.4, -0.2) is 10.2 Å². The highest BCUT2D eigenvalue weighted by molar-refractivity contribution is 7.98. The zero-order valence-corrected chi connectivity index (χ0v) is 13.2. The minimum absolute atomic E-state index is 0.210. The van der Waals surface area contributed by atoms with Gasteiger partial charge in [-0.2, -0.15) is 0 Å². The van der Waals surface area contributed by atoms with Crippen LogP contribution in [0.4, 0.5) is 4.39 Å². The predicted octanol–water partition coefficient (Wildman–Crippen LogP) is 4.78.